The van der Waals surface area contributed by atoms with Crippen molar-refractivity contribution in [1.29, 1.82) is 0 Å². The first-order valence-electron chi connectivity index (χ1n) is 9.07. The number of pyridine rings is 1. The second kappa shape index (κ2) is 8.99. The molecule has 0 N–H and O–H groups in total. The number of aryl methyl sites for hydroxylation is 1. The van der Waals surface area contributed by atoms with E-state index in [9.17, 15) is 4.79 Å². The van der Waals surface area contributed by atoms with Crippen LogP contribution in [0.25, 0.3) is 28.2 Å². The van der Waals surface area contributed by atoms with E-state index in [-0.39, 0.29) is 0 Å². The monoisotopic (exact) mass is 399 g/mol. The molecule has 6 nitrogen and oxygen atoms in total. The quantitative estimate of drug-likeness (QED) is 0.432. The molecular weight excluding hydrogens is 378 g/mol. The van der Waals surface area contributed by atoms with Gasteiger partial charge in [-0.25, -0.2) is 14.5 Å². The summed E-state index contributed by atoms with van der Waals surface area (Å²) >= 11 is 6.25. The highest BCUT2D eigenvalue weighted by Crippen LogP contribution is 2.35. The van der Waals surface area contributed by atoms with E-state index in [0.717, 1.165) is 27.7 Å². The van der Waals surface area contributed by atoms with Crippen LogP contribution in [-0.4, -0.2) is 34.5 Å². The summed E-state index contributed by atoms with van der Waals surface area (Å²) in [6, 6.07) is 7.58. The molecule has 3 aromatic rings. The van der Waals surface area contributed by atoms with Gasteiger partial charge in [-0.3, -0.25) is 0 Å². The number of methoxy groups -OCH3 is 1. The molecular formula is C21H22ClN3O3. The number of hydrogen-bond acceptors (Lipinski definition) is 5. The molecule has 0 radical (unpaired) electrons. The molecule has 0 aliphatic rings. The summed E-state index contributed by atoms with van der Waals surface area (Å²) in [5, 5.41) is 5.96. The van der Waals surface area contributed by atoms with E-state index in [1.165, 1.54) is 6.08 Å². The molecule has 7 heteroatoms. The van der Waals surface area contributed by atoms with Crippen LogP contribution >= 0.6 is 11.6 Å². The number of aromatic nitrogens is 3. The fourth-order valence-corrected chi connectivity index (χ4v) is 3.30. The Morgan fingerprint density at radius 2 is 2.14 bits per heavy atom. The standard InChI is InChI=1S/C21H22ClN3O3/c1-4-25-21-17(12-23-25)20(14-7-6-8-15(22)11-14)16(18(24-21)13-27-3)9-10-19(26)28-5-2/h6-12H,4-5,13H2,1-3H3. The van der Waals surface area contributed by atoms with Gasteiger partial charge >= 0.3 is 5.97 Å². The molecule has 2 heterocycles. The Bertz CT molecular complexity index is 1030. The molecule has 0 aliphatic carbocycles. The molecule has 0 aliphatic heterocycles. The van der Waals surface area contributed by atoms with Crippen LogP contribution < -0.4 is 0 Å². The van der Waals surface area contributed by atoms with Crippen molar-refractivity contribution in [2.75, 3.05) is 13.7 Å². The largest absolute Gasteiger partial charge is 0.463 e. The zero-order valence-electron chi connectivity index (χ0n) is 16.1. The van der Waals surface area contributed by atoms with Crippen molar-refractivity contribution >= 4 is 34.7 Å². The van der Waals surface area contributed by atoms with Gasteiger partial charge in [0.1, 0.15) is 0 Å². The lowest BCUT2D eigenvalue weighted by Gasteiger charge is -2.14. The third kappa shape index (κ3) is 4.08. The third-order valence-corrected chi connectivity index (χ3v) is 4.50. The SMILES string of the molecule is CCOC(=O)C=Cc1c(COC)nc2c(cnn2CC)c1-c1cccc(Cl)c1. The Balaban J connectivity index is 2.32. The normalized spacial score (nSPS) is 11.4. The van der Waals surface area contributed by atoms with E-state index in [4.69, 9.17) is 26.1 Å². The lowest BCUT2D eigenvalue weighted by Crippen LogP contribution is -2.05. The first-order valence-corrected chi connectivity index (χ1v) is 9.44. The van der Waals surface area contributed by atoms with E-state index < -0.39 is 5.97 Å². The van der Waals surface area contributed by atoms with E-state index in [2.05, 4.69) is 5.10 Å². The highest BCUT2D eigenvalue weighted by Gasteiger charge is 2.18. The Kier molecular flexibility index (Phi) is 6.44. The number of ether oxygens (including phenoxy) is 2. The predicted molar refractivity (Wildman–Crippen MR) is 110 cm³/mol. The number of carbonyl (C=O) groups excluding carboxylic acids is 1. The van der Waals surface area contributed by atoms with Crippen LogP contribution in [0, 0.1) is 0 Å². The highest BCUT2D eigenvalue weighted by atomic mass is 35.5. The molecule has 2 aromatic heterocycles. The number of nitrogens with zero attached hydrogens (tertiary/aromatic N) is 3. The lowest BCUT2D eigenvalue weighted by molar-refractivity contribution is -0.137. The van der Waals surface area contributed by atoms with Crippen LogP contribution in [0.5, 0.6) is 0 Å². The second-order valence-corrected chi connectivity index (χ2v) is 6.51. The summed E-state index contributed by atoms with van der Waals surface area (Å²) in [6.45, 7) is 5.08. The van der Waals surface area contributed by atoms with E-state index in [0.29, 0.717) is 30.5 Å². The van der Waals surface area contributed by atoms with Crippen molar-refractivity contribution in [3.8, 4) is 11.1 Å². The summed E-state index contributed by atoms with van der Waals surface area (Å²) < 4.78 is 12.2. The number of carbonyl (C=O) groups is 1. The molecule has 0 unspecified atom stereocenters. The topological polar surface area (TPSA) is 66.2 Å². The molecule has 0 amide bonds. The summed E-state index contributed by atoms with van der Waals surface area (Å²) in [6.07, 6.45) is 4.92. The zero-order valence-corrected chi connectivity index (χ0v) is 16.9. The van der Waals surface area contributed by atoms with E-state index >= 15 is 0 Å². The van der Waals surface area contributed by atoms with Crippen molar-refractivity contribution in [2.24, 2.45) is 0 Å². The molecule has 3 rings (SSSR count). The number of hydrogen-bond donors (Lipinski definition) is 0. The minimum absolute atomic E-state index is 0.293. The fourth-order valence-electron chi connectivity index (χ4n) is 3.11. The third-order valence-electron chi connectivity index (χ3n) is 4.27. The average Bonchev–Trinajstić information content (AvgIpc) is 3.08. The van der Waals surface area contributed by atoms with E-state index in [1.807, 2.05) is 35.9 Å². The predicted octanol–water partition coefficient (Wildman–Crippen LogP) is 4.49. The summed E-state index contributed by atoms with van der Waals surface area (Å²) in [7, 11) is 1.61. The Hall–Kier alpha value is -2.70. The summed E-state index contributed by atoms with van der Waals surface area (Å²) in [4.78, 5) is 16.7. The number of rotatable bonds is 7. The lowest BCUT2D eigenvalue weighted by atomic mass is 9.95. The van der Waals surface area contributed by atoms with Crippen molar-refractivity contribution in [2.45, 2.75) is 27.0 Å². The van der Waals surface area contributed by atoms with Gasteiger partial charge in [-0.1, -0.05) is 23.7 Å². The van der Waals surface area contributed by atoms with Gasteiger partial charge < -0.3 is 9.47 Å². The first-order chi connectivity index (χ1) is 13.6. The molecule has 1 aromatic carbocycles. The molecule has 0 saturated carbocycles. The average molecular weight is 400 g/mol. The molecule has 146 valence electrons. The molecule has 0 fully saturated rings. The fraction of sp³-hybridized carbons (Fsp3) is 0.286. The number of esters is 1. The summed E-state index contributed by atoms with van der Waals surface area (Å²) in [5.41, 5.74) is 4.06. The Morgan fingerprint density at radius 1 is 1.32 bits per heavy atom. The van der Waals surface area contributed by atoms with Gasteiger partial charge in [0, 0.05) is 41.3 Å². The van der Waals surface area contributed by atoms with Crippen molar-refractivity contribution < 1.29 is 14.3 Å². The van der Waals surface area contributed by atoms with Gasteiger partial charge in [-0.05, 0) is 37.6 Å². The maximum Gasteiger partial charge on any atom is 0.330 e. The zero-order chi connectivity index (χ0) is 20.1. The molecule has 0 spiro atoms. The molecule has 0 atom stereocenters. The van der Waals surface area contributed by atoms with Crippen LogP contribution in [0.4, 0.5) is 0 Å². The number of benzene rings is 1. The maximum atomic E-state index is 11.9. The number of halogens is 1. The van der Waals surface area contributed by atoms with Crippen LogP contribution in [0.1, 0.15) is 25.1 Å². The van der Waals surface area contributed by atoms with Gasteiger partial charge in [-0.15, -0.1) is 0 Å². The van der Waals surface area contributed by atoms with Crippen LogP contribution in [0.2, 0.25) is 5.02 Å². The minimum atomic E-state index is -0.410. The molecule has 0 saturated heterocycles. The van der Waals surface area contributed by atoms with Crippen LogP contribution in [0.3, 0.4) is 0 Å². The van der Waals surface area contributed by atoms with Gasteiger partial charge in [0.25, 0.3) is 0 Å². The Morgan fingerprint density at radius 3 is 2.82 bits per heavy atom. The van der Waals surface area contributed by atoms with E-state index in [1.54, 1.807) is 26.3 Å². The van der Waals surface area contributed by atoms with Crippen molar-refractivity contribution in [3.05, 3.63) is 52.8 Å². The van der Waals surface area contributed by atoms with Gasteiger partial charge in [0.15, 0.2) is 5.65 Å². The van der Waals surface area contributed by atoms with Gasteiger partial charge in [-0.2, -0.15) is 5.10 Å². The van der Waals surface area contributed by atoms with Crippen LogP contribution in [-0.2, 0) is 27.4 Å². The molecule has 28 heavy (non-hydrogen) atoms. The molecule has 0 bridgehead atoms. The smallest absolute Gasteiger partial charge is 0.330 e. The van der Waals surface area contributed by atoms with Gasteiger partial charge in [0.2, 0.25) is 0 Å². The Labute approximate surface area is 168 Å². The van der Waals surface area contributed by atoms with Crippen LogP contribution in [0.15, 0.2) is 36.5 Å². The maximum absolute atomic E-state index is 11.9. The van der Waals surface area contributed by atoms with Crippen molar-refractivity contribution in [3.63, 3.8) is 0 Å². The minimum Gasteiger partial charge on any atom is -0.463 e. The van der Waals surface area contributed by atoms with Crippen molar-refractivity contribution in [1.82, 2.24) is 14.8 Å². The summed E-state index contributed by atoms with van der Waals surface area (Å²) in [5.74, 6) is -0.410. The first kappa shape index (κ1) is 20.0. The number of fused-ring (bicyclic) bond motifs is 1. The van der Waals surface area contributed by atoms with Gasteiger partial charge in [0.05, 0.1) is 25.1 Å². The second-order valence-electron chi connectivity index (χ2n) is 6.07. The highest BCUT2D eigenvalue weighted by molar-refractivity contribution is 6.31.